The molecule has 1 heterocycles. The molecule has 0 aromatic heterocycles. The van der Waals surface area contributed by atoms with Crippen LogP contribution >= 0.6 is 0 Å². The van der Waals surface area contributed by atoms with Gasteiger partial charge in [0, 0.05) is 12.8 Å². The van der Waals surface area contributed by atoms with Gasteiger partial charge in [-0.2, -0.15) is 0 Å². The van der Waals surface area contributed by atoms with Crippen molar-refractivity contribution in [3.05, 3.63) is 0 Å². The van der Waals surface area contributed by atoms with E-state index in [1.54, 1.807) is 13.8 Å². The predicted octanol–water partition coefficient (Wildman–Crippen LogP) is 0.854. The Morgan fingerprint density at radius 1 is 1.18 bits per heavy atom. The minimum absolute atomic E-state index is 0.208. The second-order valence-electron chi connectivity index (χ2n) is 6.65. The largest absolute Gasteiger partial charge is 0.457 e. The van der Waals surface area contributed by atoms with Crippen LogP contribution in [0.25, 0.3) is 0 Å². The standard InChI is InChI=1S/C16H26N2O4/c1-10(2)22-16(21)14(19)13-7-4-8-18(13)15(20)12(17)9-11-5-3-6-11/h10-13H,3-9,17H2,1-2H3/q+1/t12-,13+/m1/s1. The minimum atomic E-state index is -0.854. The molecule has 1 aliphatic heterocycles. The smallest absolute Gasteiger partial charge is 0.381 e. The topological polar surface area (TPSA) is 92.4 Å². The highest BCUT2D eigenvalue weighted by Gasteiger charge is 2.49. The number of nitrogens with two attached hydrogens (primary N) is 1. The van der Waals surface area contributed by atoms with Crippen LogP contribution in [0.2, 0.25) is 0 Å². The summed E-state index contributed by atoms with van der Waals surface area (Å²) in [5.41, 5.74) is 6.01. The summed E-state index contributed by atoms with van der Waals surface area (Å²) in [4.78, 5) is 37.9. The lowest BCUT2D eigenvalue weighted by Crippen LogP contribution is -2.54. The number of carbonyl (C=O) groups is 3. The van der Waals surface area contributed by atoms with Crippen LogP contribution in [-0.4, -0.2) is 42.4 Å². The van der Waals surface area contributed by atoms with Crippen molar-refractivity contribution >= 4 is 17.7 Å². The molecule has 2 rings (SSSR count). The van der Waals surface area contributed by atoms with E-state index in [0.717, 1.165) is 12.8 Å². The zero-order chi connectivity index (χ0) is 16.3. The van der Waals surface area contributed by atoms with Crippen molar-refractivity contribution in [2.75, 3.05) is 6.54 Å². The highest BCUT2D eigenvalue weighted by atomic mass is 16.5. The molecule has 1 saturated heterocycles. The number of amides is 1. The summed E-state index contributed by atoms with van der Waals surface area (Å²) in [5, 5.41) is 0. The van der Waals surface area contributed by atoms with E-state index in [4.69, 9.17) is 10.5 Å². The maximum Gasteiger partial charge on any atom is 0.381 e. The summed E-state index contributed by atoms with van der Waals surface area (Å²) in [6.45, 7) is 3.87. The van der Waals surface area contributed by atoms with Crippen molar-refractivity contribution in [3.63, 3.8) is 0 Å². The number of Topliss-reactive ketones (excluding diaryl/α,β-unsaturated/α-hetero) is 1. The predicted molar refractivity (Wildman–Crippen MR) is 81.2 cm³/mol. The number of ketones is 1. The Hall–Kier alpha value is -1.27. The van der Waals surface area contributed by atoms with E-state index in [1.807, 2.05) is 0 Å². The van der Waals surface area contributed by atoms with E-state index in [0.29, 0.717) is 31.7 Å². The molecule has 6 heteroatoms. The lowest BCUT2D eigenvalue weighted by molar-refractivity contribution is -0.158. The number of nitrogens with zero attached hydrogens (tertiary/aromatic N) is 1. The molecular weight excluding hydrogens is 284 g/mol. The van der Waals surface area contributed by atoms with Crippen LogP contribution in [0.1, 0.15) is 52.4 Å². The molecule has 0 aromatic carbocycles. The molecule has 0 spiro atoms. The van der Waals surface area contributed by atoms with E-state index in [1.165, 1.54) is 11.3 Å². The van der Waals surface area contributed by atoms with Crippen LogP contribution in [0.5, 0.6) is 0 Å². The van der Waals surface area contributed by atoms with Crippen LogP contribution < -0.4 is 10.6 Å². The second-order valence-corrected chi connectivity index (χ2v) is 6.65. The number of hydrogen-bond donors (Lipinski definition) is 1. The van der Waals surface area contributed by atoms with Gasteiger partial charge in [0.25, 0.3) is 0 Å². The highest BCUT2D eigenvalue weighted by Crippen LogP contribution is 2.30. The van der Waals surface area contributed by atoms with Crippen molar-refractivity contribution in [1.82, 2.24) is 4.90 Å². The Kier molecular flexibility index (Phi) is 5.69. The first-order chi connectivity index (χ1) is 10.4. The third-order valence-corrected chi connectivity index (χ3v) is 4.51. The molecule has 2 aliphatic rings. The summed E-state index contributed by atoms with van der Waals surface area (Å²) in [5.74, 6) is -1.16. The molecule has 1 amide bonds. The fraction of sp³-hybridized carbons (Fsp3) is 0.812. The Morgan fingerprint density at radius 3 is 2.41 bits per heavy atom. The Balaban J connectivity index is 1.95. The first-order valence-electron chi connectivity index (χ1n) is 8.21. The van der Waals surface area contributed by atoms with Crippen molar-refractivity contribution in [2.45, 2.75) is 70.6 Å². The van der Waals surface area contributed by atoms with Gasteiger partial charge in [-0.05, 0) is 26.2 Å². The second kappa shape index (κ2) is 7.33. The number of carbonyl (C=O) groups excluding carboxylic acids is 3. The molecule has 0 aromatic rings. The third-order valence-electron chi connectivity index (χ3n) is 4.51. The zero-order valence-electron chi connectivity index (χ0n) is 13.4. The summed E-state index contributed by atoms with van der Waals surface area (Å²) < 4.78 is 4.95. The van der Waals surface area contributed by atoms with Crippen molar-refractivity contribution < 1.29 is 19.1 Å². The van der Waals surface area contributed by atoms with Crippen LogP contribution in [0.3, 0.4) is 0 Å². The number of esters is 1. The molecule has 2 N–H and O–H groups in total. The molecule has 0 unspecified atom stereocenters. The van der Waals surface area contributed by atoms with Crippen LogP contribution in [0.4, 0.5) is 0 Å². The van der Waals surface area contributed by atoms with E-state index in [2.05, 4.69) is 0 Å². The van der Waals surface area contributed by atoms with Gasteiger partial charge in [0.1, 0.15) is 12.6 Å². The molecule has 1 saturated carbocycles. The average molecular weight is 310 g/mol. The van der Waals surface area contributed by atoms with Gasteiger partial charge < -0.3 is 10.5 Å². The lowest BCUT2D eigenvalue weighted by atomic mass is 9.81. The molecule has 123 valence electrons. The van der Waals surface area contributed by atoms with Crippen molar-refractivity contribution in [2.24, 2.45) is 11.7 Å². The Labute approximate surface area is 131 Å². The summed E-state index contributed by atoms with van der Waals surface area (Å²) >= 11 is 0. The molecule has 2 atom stereocenters. The SMILES string of the molecule is CC(C)OC(=O)C(=O)[C@@H]1CCC[N+]1C(=O)[C@H](N)CC1CCC1. The van der Waals surface area contributed by atoms with Crippen molar-refractivity contribution in [3.8, 4) is 0 Å². The monoisotopic (exact) mass is 310 g/mol. The van der Waals surface area contributed by atoms with E-state index < -0.39 is 23.8 Å². The molecular formula is C16H26N2O4+. The fourth-order valence-corrected chi connectivity index (χ4v) is 3.11. The molecule has 1 radical (unpaired) electrons. The lowest BCUT2D eigenvalue weighted by Gasteiger charge is -2.27. The maximum atomic E-state index is 12.5. The van der Waals surface area contributed by atoms with Gasteiger partial charge in [0.2, 0.25) is 6.04 Å². The van der Waals surface area contributed by atoms with Gasteiger partial charge in [0.05, 0.1) is 6.10 Å². The zero-order valence-corrected chi connectivity index (χ0v) is 13.4. The first kappa shape index (κ1) is 17.1. The maximum absolute atomic E-state index is 12.5. The molecule has 6 nitrogen and oxygen atoms in total. The van der Waals surface area contributed by atoms with Gasteiger partial charge in [-0.1, -0.05) is 24.2 Å². The number of ether oxygens (including phenoxy) is 1. The van der Waals surface area contributed by atoms with Gasteiger partial charge in [-0.15, -0.1) is 0 Å². The third kappa shape index (κ3) is 3.93. The van der Waals surface area contributed by atoms with Crippen molar-refractivity contribution in [1.29, 1.82) is 0 Å². The van der Waals surface area contributed by atoms with Gasteiger partial charge >= 0.3 is 17.7 Å². The molecule has 22 heavy (non-hydrogen) atoms. The van der Waals surface area contributed by atoms with Gasteiger partial charge in [0.15, 0.2) is 0 Å². The highest BCUT2D eigenvalue weighted by molar-refractivity contribution is 6.36. The van der Waals surface area contributed by atoms with Gasteiger partial charge in [-0.25, -0.2) is 9.59 Å². The van der Waals surface area contributed by atoms with E-state index in [9.17, 15) is 14.4 Å². The summed E-state index contributed by atoms with van der Waals surface area (Å²) in [7, 11) is 0. The first-order valence-corrected chi connectivity index (χ1v) is 8.21. The number of hydrogen-bond acceptors (Lipinski definition) is 5. The van der Waals surface area contributed by atoms with Gasteiger partial charge in [-0.3, -0.25) is 4.79 Å². The number of rotatable bonds is 6. The van der Waals surface area contributed by atoms with Crippen LogP contribution in [0.15, 0.2) is 0 Å². The average Bonchev–Trinajstić information content (AvgIpc) is 2.89. The van der Waals surface area contributed by atoms with E-state index in [-0.39, 0.29) is 12.0 Å². The Morgan fingerprint density at radius 2 is 1.86 bits per heavy atom. The molecule has 2 fully saturated rings. The summed E-state index contributed by atoms with van der Waals surface area (Å²) in [6.07, 6.45) is 5.02. The number of likely N-dealkylation sites (tertiary alicyclic amines) is 1. The Bertz CT molecular complexity index is 445. The molecule has 1 aliphatic carbocycles. The van der Waals surface area contributed by atoms with Crippen LogP contribution in [-0.2, 0) is 19.1 Å². The van der Waals surface area contributed by atoms with E-state index >= 15 is 0 Å². The summed E-state index contributed by atoms with van der Waals surface area (Å²) in [6, 6.07) is -1.27. The quantitative estimate of drug-likeness (QED) is 0.446. The van der Waals surface area contributed by atoms with Crippen LogP contribution in [0, 0.1) is 5.92 Å². The molecule has 0 bridgehead atoms. The normalized spacial score (nSPS) is 24.1. The minimum Gasteiger partial charge on any atom is -0.457 e. The fourth-order valence-electron chi connectivity index (χ4n) is 3.11.